The molecule has 0 aromatic carbocycles. The van der Waals surface area contributed by atoms with Crippen LogP contribution in [-0.4, -0.2) is 13.1 Å². The van der Waals surface area contributed by atoms with Crippen LogP contribution in [-0.2, 0) is 0 Å². The van der Waals surface area contributed by atoms with Crippen LogP contribution in [0.1, 0.15) is 13.3 Å². The molecule has 46 valence electrons. The molecule has 1 aliphatic heterocycles. The van der Waals surface area contributed by atoms with E-state index in [-0.39, 0.29) is 0 Å². The monoisotopic (exact) mass is 111 g/mol. The second-order valence-corrected chi connectivity index (χ2v) is 2.28. The lowest BCUT2D eigenvalue weighted by molar-refractivity contribution is 0.727. The summed E-state index contributed by atoms with van der Waals surface area (Å²) in [6.07, 6.45) is 5.74. The highest BCUT2D eigenvalue weighted by atomic mass is 14.9. The Labute approximate surface area is 50.8 Å². The summed E-state index contributed by atoms with van der Waals surface area (Å²) >= 11 is 0. The molecule has 1 fully saturated rings. The van der Waals surface area contributed by atoms with E-state index in [1.54, 1.807) is 0 Å². The number of hydrogen-bond donors (Lipinski definition) is 1. The maximum absolute atomic E-state index is 3.31. The zero-order chi connectivity index (χ0) is 5.82. The summed E-state index contributed by atoms with van der Waals surface area (Å²) in [5.41, 5.74) is 0. The van der Waals surface area contributed by atoms with E-state index in [9.17, 15) is 0 Å². The lowest BCUT2D eigenvalue weighted by Gasteiger charge is -1.95. The minimum absolute atomic E-state index is 0.819. The van der Waals surface area contributed by atoms with Crippen molar-refractivity contribution < 1.29 is 0 Å². The van der Waals surface area contributed by atoms with E-state index in [1.807, 2.05) is 0 Å². The molecule has 0 amide bonds. The van der Waals surface area contributed by atoms with E-state index >= 15 is 0 Å². The molecule has 1 saturated heterocycles. The first-order chi connectivity index (χ1) is 3.93. The van der Waals surface area contributed by atoms with Crippen LogP contribution in [0.2, 0.25) is 0 Å². The lowest BCUT2D eigenvalue weighted by Crippen LogP contribution is -2.07. The Morgan fingerprint density at radius 1 is 1.62 bits per heavy atom. The normalized spacial score (nSPS) is 29.9. The van der Waals surface area contributed by atoms with Crippen molar-refractivity contribution in [3.8, 4) is 0 Å². The highest BCUT2D eigenvalue weighted by Crippen LogP contribution is 2.07. The quantitative estimate of drug-likeness (QED) is 0.501. The molecule has 0 radical (unpaired) electrons. The van der Waals surface area contributed by atoms with Crippen LogP contribution in [0.3, 0.4) is 0 Å². The fourth-order valence-corrected chi connectivity index (χ4v) is 1.11. The van der Waals surface area contributed by atoms with Gasteiger partial charge in [-0.15, -0.1) is 0 Å². The van der Waals surface area contributed by atoms with E-state index < -0.39 is 0 Å². The molecule has 1 rings (SSSR count). The lowest BCUT2D eigenvalue weighted by atomic mass is 10.1. The van der Waals surface area contributed by atoms with Crippen LogP contribution in [0.5, 0.6) is 0 Å². The Bertz CT molecular complexity index is 80.4. The third kappa shape index (κ3) is 1.34. The molecule has 1 N–H and O–H groups in total. The second-order valence-electron chi connectivity index (χ2n) is 2.28. The molecule has 1 heterocycles. The molecule has 1 aliphatic rings. The van der Waals surface area contributed by atoms with E-state index in [4.69, 9.17) is 0 Å². The molecule has 1 unspecified atom stereocenters. The number of hydrogen-bond acceptors (Lipinski definition) is 1. The molecule has 0 aromatic heterocycles. The molecule has 0 bridgehead atoms. The SMILES string of the molecule is C/C=C\C1CCNC1. The highest BCUT2D eigenvalue weighted by molar-refractivity contribution is 4.90. The van der Waals surface area contributed by atoms with Gasteiger partial charge in [-0.2, -0.15) is 0 Å². The van der Waals surface area contributed by atoms with Crippen molar-refractivity contribution in [2.24, 2.45) is 5.92 Å². The van der Waals surface area contributed by atoms with Crippen molar-refractivity contribution in [2.45, 2.75) is 13.3 Å². The summed E-state index contributed by atoms with van der Waals surface area (Å²) < 4.78 is 0. The van der Waals surface area contributed by atoms with Crippen molar-refractivity contribution in [3.05, 3.63) is 12.2 Å². The molecule has 8 heavy (non-hydrogen) atoms. The van der Waals surface area contributed by atoms with Crippen molar-refractivity contribution in [1.82, 2.24) is 5.32 Å². The fraction of sp³-hybridized carbons (Fsp3) is 0.714. The number of nitrogens with one attached hydrogen (secondary N) is 1. The first-order valence-corrected chi connectivity index (χ1v) is 3.27. The minimum Gasteiger partial charge on any atom is -0.316 e. The Morgan fingerprint density at radius 3 is 3.00 bits per heavy atom. The molecular formula is C7H13N. The molecule has 1 nitrogen and oxygen atoms in total. The van der Waals surface area contributed by atoms with Crippen LogP contribution in [0.25, 0.3) is 0 Å². The van der Waals surface area contributed by atoms with E-state index in [0.717, 1.165) is 5.92 Å². The predicted molar refractivity (Wildman–Crippen MR) is 35.8 cm³/mol. The van der Waals surface area contributed by atoms with Crippen LogP contribution in [0, 0.1) is 5.92 Å². The van der Waals surface area contributed by atoms with Crippen molar-refractivity contribution >= 4 is 0 Å². The molecule has 0 saturated carbocycles. The van der Waals surface area contributed by atoms with Gasteiger partial charge in [0.2, 0.25) is 0 Å². The zero-order valence-corrected chi connectivity index (χ0v) is 5.35. The first-order valence-electron chi connectivity index (χ1n) is 3.27. The van der Waals surface area contributed by atoms with Gasteiger partial charge in [-0.05, 0) is 25.8 Å². The molecule has 1 heteroatoms. The summed E-state index contributed by atoms with van der Waals surface area (Å²) in [6, 6.07) is 0. The average Bonchev–Trinajstić information content (AvgIpc) is 2.19. The van der Waals surface area contributed by atoms with Crippen LogP contribution < -0.4 is 5.32 Å². The Balaban J connectivity index is 2.24. The standard InChI is InChI=1S/C7H13N/c1-2-3-7-4-5-8-6-7/h2-3,7-8H,4-6H2,1H3/b3-2-. The van der Waals surface area contributed by atoms with Crippen molar-refractivity contribution in [1.29, 1.82) is 0 Å². The zero-order valence-electron chi connectivity index (χ0n) is 5.35. The van der Waals surface area contributed by atoms with Crippen LogP contribution >= 0.6 is 0 Å². The van der Waals surface area contributed by atoms with Gasteiger partial charge in [0.15, 0.2) is 0 Å². The summed E-state index contributed by atoms with van der Waals surface area (Å²) in [5.74, 6) is 0.819. The Hall–Kier alpha value is -0.300. The highest BCUT2D eigenvalue weighted by Gasteiger charge is 2.08. The molecule has 0 aliphatic carbocycles. The first kappa shape index (κ1) is 5.83. The maximum atomic E-state index is 3.31. The van der Waals surface area contributed by atoms with E-state index in [1.165, 1.54) is 19.5 Å². The largest absolute Gasteiger partial charge is 0.316 e. The molecule has 0 aromatic rings. The number of allylic oxidation sites excluding steroid dienone is 1. The van der Waals surface area contributed by atoms with Gasteiger partial charge in [-0.1, -0.05) is 12.2 Å². The van der Waals surface area contributed by atoms with Crippen molar-refractivity contribution in [2.75, 3.05) is 13.1 Å². The third-order valence-electron chi connectivity index (χ3n) is 1.56. The van der Waals surface area contributed by atoms with Gasteiger partial charge in [0.1, 0.15) is 0 Å². The topological polar surface area (TPSA) is 12.0 Å². The van der Waals surface area contributed by atoms with Crippen molar-refractivity contribution in [3.63, 3.8) is 0 Å². The van der Waals surface area contributed by atoms with Gasteiger partial charge in [0.05, 0.1) is 0 Å². The predicted octanol–water partition coefficient (Wildman–Crippen LogP) is 1.17. The van der Waals surface area contributed by atoms with Gasteiger partial charge in [-0.3, -0.25) is 0 Å². The van der Waals surface area contributed by atoms with E-state index in [0.29, 0.717) is 0 Å². The number of rotatable bonds is 1. The Morgan fingerprint density at radius 2 is 2.50 bits per heavy atom. The van der Waals surface area contributed by atoms with Gasteiger partial charge >= 0.3 is 0 Å². The summed E-state index contributed by atoms with van der Waals surface area (Å²) in [5, 5.41) is 3.31. The maximum Gasteiger partial charge on any atom is 0.00146 e. The van der Waals surface area contributed by atoms with E-state index in [2.05, 4.69) is 24.4 Å². The average molecular weight is 111 g/mol. The molecular weight excluding hydrogens is 98.1 g/mol. The van der Waals surface area contributed by atoms with Gasteiger partial charge in [0, 0.05) is 6.54 Å². The smallest absolute Gasteiger partial charge is 0.00146 e. The third-order valence-corrected chi connectivity index (χ3v) is 1.56. The molecule has 0 spiro atoms. The Kier molecular flexibility index (Phi) is 2.10. The molecule has 1 atom stereocenters. The summed E-state index contributed by atoms with van der Waals surface area (Å²) in [4.78, 5) is 0. The van der Waals surface area contributed by atoms with Crippen LogP contribution in [0.4, 0.5) is 0 Å². The second kappa shape index (κ2) is 2.88. The van der Waals surface area contributed by atoms with Gasteiger partial charge < -0.3 is 5.32 Å². The minimum atomic E-state index is 0.819. The van der Waals surface area contributed by atoms with Gasteiger partial charge in [-0.25, -0.2) is 0 Å². The summed E-state index contributed by atoms with van der Waals surface area (Å²) in [7, 11) is 0. The van der Waals surface area contributed by atoms with Crippen LogP contribution in [0.15, 0.2) is 12.2 Å². The summed E-state index contributed by atoms with van der Waals surface area (Å²) in [6.45, 7) is 4.47. The fourth-order valence-electron chi connectivity index (χ4n) is 1.11. The van der Waals surface area contributed by atoms with Gasteiger partial charge in [0.25, 0.3) is 0 Å².